The van der Waals surface area contributed by atoms with E-state index in [4.69, 9.17) is 0 Å². The number of piperidine rings is 1. The van der Waals surface area contributed by atoms with Crippen molar-refractivity contribution in [1.82, 2.24) is 15.3 Å². The van der Waals surface area contributed by atoms with Crippen LogP contribution >= 0.6 is 11.3 Å². The number of amides is 1. The molecule has 3 heterocycles. The number of carboxylic acids is 1. The molecule has 0 bridgehead atoms. The minimum atomic E-state index is -1.09. The average Bonchev–Trinajstić information content (AvgIpc) is 2.99. The van der Waals surface area contributed by atoms with Crippen LogP contribution in [-0.4, -0.2) is 46.1 Å². The number of aromatic nitrogens is 2. The molecule has 2 aromatic heterocycles. The summed E-state index contributed by atoms with van der Waals surface area (Å²) >= 11 is 1.28. The van der Waals surface area contributed by atoms with Crippen LogP contribution in [0.1, 0.15) is 30.3 Å². The Hall–Kier alpha value is -2.68. The van der Waals surface area contributed by atoms with Gasteiger partial charge in [0.25, 0.3) is 0 Å². The number of carbonyl (C=O) groups is 2. The number of carboxylic acid groups (broad SMARTS) is 1. The number of anilines is 3. The second-order valence-corrected chi connectivity index (χ2v) is 6.78. The predicted molar refractivity (Wildman–Crippen MR) is 95.6 cm³/mol. The molecule has 1 fully saturated rings. The number of aromatic carboxylic acids is 1. The maximum absolute atomic E-state index is 11.5. The number of pyridine rings is 1. The van der Waals surface area contributed by atoms with Gasteiger partial charge in [-0.3, -0.25) is 4.79 Å². The molecule has 1 atom stereocenters. The quantitative estimate of drug-likeness (QED) is 0.748. The molecule has 1 saturated heterocycles. The number of nitrogens with zero attached hydrogens (tertiary/aromatic N) is 3. The lowest BCUT2D eigenvalue weighted by Gasteiger charge is -2.32. The summed E-state index contributed by atoms with van der Waals surface area (Å²) in [5.41, 5.74) is -0.0210. The van der Waals surface area contributed by atoms with Gasteiger partial charge < -0.3 is 20.6 Å². The summed E-state index contributed by atoms with van der Waals surface area (Å²) in [4.78, 5) is 33.3. The molecular formula is C16H19N5O3S. The highest BCUT2D eigenvalue weighted by Gasteiger charge is 2.26. The Kier molecular flexibility index (Phi) is 5.13. The van der Waals surface area contributed by atoms with Gasteiger partial charge in [0.1, 0.15) is 10.8 Å². The van der Waals surface area contributed by atoms with Crippen LogP contribution in [0.15, 0.2) is 24.4 Å². The Morgan fingerprint density at radius 2 is 2.24 bits per heavy atom. The molecule has 8 nitrogen and oxygen atoms in total. The first kappa shape index (κ1) is 17.2. The zero-order chi connectivity index (χ0) is 17.8. The van der Waals surface area contributed by atoms with Gasteiger partial charge in [0.15, 0.2) is 10.8 Å². The van der Waals surface area contributed by atoms with Crippen LogP contribution < -0.4 is 15.5 Å². The molecule has 0 aromatic carbocycles. The summed E-state index contributed by atoms with van der Waals surface area (Å²) in [5.74, 6) is -0.582. The predicted octanol–water partition coefficient (Wildman–Crippen LogP) is 2.08. The third kappa shape index (κ3) is 4.24. The Bertz CT molecular complexity index is 764. The van der Waals surface area contributed by atoms with Crippen molar-refractivity contribution in [2.75, 3.05) is 23.3 Å². The van der Waals surface area contributed by atoms with Crippen LogP contribution in [0.5, 0.6) is 0 Å². The highest BCUT2D eigenvalue weighted by molar-refractivity contribution is 7.20. The van der Waals surface area contributed by atoms with E-state index in [9.17, 15) is 14.7 Å². The van der Waals surface area contributed by atoms with Crippen LogP contribution in [0.2, 0.25) is 0 Å². The molecular weight excluding hydrogens is 342 g/mol. The minimum absolute atomic E-state index is 0.0210. The van der Waals surface area contributed by atoms with E-state index in [2.05, 4.69) is 20.6 Å². The first-order valence-electron chi connectivity index (χ1n) is 7.97. The molecule has 132 valence electrons. The molecule has 9 heteroatoms. The first-order valence-corrected chi connectivity index (χ1v) is 8.79. The Morgan fingerprint density at radius 3 is 2.92 bits per heavy atom. The molecule has 1 aliphatic rings. The number of rotatable bonds is 5. The lowest BCUT2D eigenvalue weighted by molar-refractivity contribution is -0.119. The summed E-state index contributed by atoms with van der Waals surface area (Å²) in [6, 6.07) is 5.42. The fourth-order valence-electron chi connectivity index (χ4n) is 2.78. The SMILES string of the molecule is CC(=O)N[C@@H]1CCCN(c2nc(C(=O)O)c(Nc3ccccn3)s2)C1. The molecule has 0 saturated carbocycles. The van der Waals surface area contributed by atoms with Gasteiger partial charge in [0, 0.05) is 32.3 Å². The normalized spacial score (nSPS) is 17.2. The topological polar surface area (TPSA) is 107 Å². The van der Waals surface area contributed by atoms with Gasteiger partial charge in [-0.25, -0.2) is 14.8 Å². The van der Waals surface area contributed by atoms with Gasteiger partial charge in [0.2, 0.25) is 5.91 Å². The van der Waals surface area contributed by atoms with Crippen molar-refractivity contribution in [1.29, 1.82) is 0 Å². The standard InChI is InChI=1S/C16H19N5O3S/c1-10(22)18-11-5-4-8-21(9-11)16-20-13(15(23)24)14(25-16)19-12-6-2-3-7-17-12/h2-3,6-7,11H,4-5,8-9H2,1H3,(H,17,19)(H,18,22)(H,23,24)/t11-/m1/s1. The molecule has 0 aliphatic carbocycles. The lowest BCUT2D eigenvalue weighted by Crippen LogP contribution is -2.47. The fourth-order valence-corrected chi connectivity index (χ4v) is 3.78. The molecule has 25 heavy (non-hydrogen) atoms. The summed E-state index contributed by atoms with van der Waals surface area (Å²) in [6.07, 6.45) is 3.45. The van der Waals surface area contributed by atoms with Crippen molar-refractivity contribution < 1.29 is 14.7 Å². The van der Waals surface area contributed by atoms with Gasteiger partial charge in [-0.1, -0.05) is 17.4 Å². The Morgan fingerprint density at radius 1 is 1.40 bits per heavy atom. The van der Waals surface area contributed by atoms with Crippen molar-refractivity contribution in [2.24, 2.45) is 0 Å². The Balaban J connectivity index is 1.81. The summed E-state index contributed by atoms with van der Waals surface area (Å²) in [7, 11) is 0. The van der Waals surface area contributed by atoms with E-state index in [1.54, 1.807) is 18.3 Å². The average molecular weight is 361 g/mol. The van der Waals surface area contributed by atoms with E-state index in [1.165, 1.54) is 18.3 Å². The molecule has 2 aromatic rings. The molecule has 1 aliphatic heterocycles. The van der Waals surface area contributed by atoms with Crippen molar-refractivity contribution in [2.45, 2.75) is 25.8 Å². The van der Waals surface area contributed by atoms with Gasteiger partial charge in [-0.05, 0) is 25.0 Å². The van der Waals surface area contributed by atoms with Crippen LogP contribution in [0.3, 0.4) is 0 Å². The molecule has 3 N–H and O–H groups in total. The first-order chi connectivity index (χ1) is 12.0. The zero-order valence-electron chi connectivity index (χ0n) is 13.7. The van der Waals surface area contributed by atoms with Gasteiger partial charge in [0.05, 0.1) is 0 Å². The van der Waals surface area contributed by atoms with E-state index in [1.807, 2.05) is 11.0 Å². The smallest absolute Gasteiger partial charge is 0.357 e. The van der Waals surface area contributed by atoms with E-state index in [0.717, 1.165) is 19.4 Å². The zero-order valence-corrected chi connectivity index (χ0v) is 14.5. The van der Waals surface area contributed by atoms with Crippen LogP contribution in [0.25, 0.3) is 0 Å². The molecule has 0 spiro atoms. The number of thiazole rings is 1. The highest BCUT2D eigenvalue weighted by Crippen LogP contribution is 2.34. The second-order valence-electron chi connectivity index (χ2n) is 5.80. The van der Waals surface area contributed by atoms with Gasteiger partial charge in [-0.15, -0.1) is 0 Å². The fraction of sp³-hybridized carbons (Fsp3) is 0.375. The largest absolute Gasteiger partial charge is 0.476 e. The molecule has 1 amide bonds. The van der Waals surface area contributed by atoms with Crippen molar-refractivity contribution in [3.8, 4) is 0 Å². The van der Waals surface area contributed by atoms with Crippen molar-refractivity contribution in [3.63, 3.8) is 0 Å². The van der Waals surface area contributed by atoms with E-state index in [-0.39, 0.29) is 17.6 Å². The van der Waals surface area contributed by atoms with E-state index < -0.39 is 5.97 Å². The maximum atomic E-state index is 11.5. The monoisotopic (exact) mass is 361 g/mol. The van der Waals surface area contributed by atoms with E-state index >= 15 is 0 Å². The number of hydrogen-bond donors (Lipinski definition) is 3. The Labute approximate surface area is 148 Å². The molecule has 0 radical (unpaired) electrons. The van der Waals surface area contributed by atoms with Crippen LogP contribution in [0, 0.1) is 0 Å². The second kappa shape index (κ2) is 7.47. The van der Waals surface area contributed by atoms with Crippen molar-refractivity contribution >= 4 is 39.2 Å². The third-order valence-corrected chi connectivity index (χ3v) is 4.86. The van der Waals surface area contributed by atoms with Crippen LogP contribution in [-0.2, 0) is 4.79 Å². The number of carbonyl (C=O) groups excluding carboxylic acids is 1. The molecule has 0 unspecified atom stereocenters. The lowest BCUT2D eigenvalue weighted by atomic mass is 10.1. The third-order valence-electron chi connectivity index (χ3n) is 3.82. The minimum Gasteiger partial charge on any atom is -0.476 e. The van der Waals surface area contributed by atoms with Crippen LogP contribution in [0.4, 0.5) is 16.0 Å². The molecule has 3 rings (SSSR count). The number of nitrogens with one attached hydrogen (secondary N) is 2. The van der Waals surface area contributed by atoms with Crippen molar-refractivity contribution in [3.05, 3.63) is 30.1 Å². The highest BCUT2D eigenvalue weighted by atomic mass is 32.1. The van der Waals surface area contributed by atoms with E-state index in [0.29, 0.717) is 22.5 Å². The summed E-state index contributed by atoms with van der Waals surface area (Å²) in [6.45, 7) is 2.90. The van der Waals surface area contributed by atoms with Gasteiger partial charge in [-0.2, -0.15) is 0 Å². The summed E-state index contributed by atoms with van der Waals surface area (Å²) in [5, 5.41) is 16.5. The number of hydrogen-bond acceptors (Lipinski definition) is 7. The summed E-state index contributed by atoms with van der Waals surface area (Å²) < 4.78 is 0. The maximum Gasteiger partial charge on any atom is 0.357 e. The van der Waals surface area contributed by atoms with Gasteiger partial charge >= 0.3 is 5.97 Å².